The van der Waals surface area contributed by atoms with Gasteiger partial charge in [0, 0.05) is 43.7 Å². The van der Waals surface area contributed by atoms with E-state index < -0.39 is 0 Å². The van der Waals surface area contributed by atoms with Gasteiger partial charge in [-0.25, -0.2) is 0 Å². The number of likely N-dealkylation sites (tertiary alicyclic amines) is 1. The van der Waals surface area contributed by atoms with Gasteiger partial charge in [0.25, 0.3) is 5.91 Å². The van der Waals surface area contributed by atoms with E-state index in [1.54, 1.807) is 0 Å². The fourth-order valence-electron chi connectivity index (χ4n) is 4.25. The van der Waals surface area contributed by atoms with Crippen molar-refractivity contribution in [1.82, 2.24) is 24.7 Å². The Bertz CT molecular complexity index is 787. The first-order valence-electron chi connectivity index (χ1n) is 9.75. The van der Waals surface area contributed by atoms with Crippen LogP contribution in [0.4, 0.5) is 0 Å². The van der Waals surface area contributed by atoms with E-state index >= 15 is 0 Å². The number of amides is 1. The van der Waals surface area contributed by atoms with Gasteiger partial charge in [-0.05, 0) is 44.8 Å². The Kier molecular flexibility index (Phi) is 4.04. The summed E-state index contributed by atoms with van der Waals surface area (Å²) in [6.07, 6.45) is 6.68. The van der Waals surface area contributed by atoms with Gasteiger partial charge in [-0.1, -0.05) is 5.16 Å². The van der Waals surface area contributed by atoms with Gasteiger partial charge < -0.3 is 14.3 Å². The van der Waals surface area contributed by atoms with E-state index in [-0.39, 0.29) is 5.91 Å². The standard InChI is InChI=1S/C19H25N5O2/c25-19(17-9-18(26-21-17)15-3-4-15)23-11-14(10-22-7-1-2-8-22)12-24-16(13-23)5-6-20-24/h5-6,9,14-15H,1-4,7-8,10-13H2. The van der Waals surface area contributed by atoms with E-state index in [9.17, 15) is 4.79 Å². The zero-order valence-electron chi connectivity index (χ0n) is 15.0. The Labute approximate surface area is 152 Å². The maximum absolute atomic E-state index is 13.1. The third kappa shape index (κ3) is 3.16. The van der Waals surface area contributed by atoms with Crippen molar-refractivity contribution in [3.05, 3.63) is 35.5 Å². The highest BCUT2D eigenvalue weighted by molar-refractivity contribution is 5.92. The summed E-state index contributed by atoms with van der Waals surface area (Å²) in [5.74, 6) is 1.69. The summed E-state index contributed by atoms with van der Waals surface area (Å²) in [5.41, 5.74) is 1.54. The van der Waals surface area contributed by atoms with Crippen LogP contribution in [0, 0.1) is 5.92 Å². The second kappa shape index (κ2) is 6.54. The third-order valence-corrected chi connectivity index (χ3v) is 5.80. The highest BCUT2D eigenvalue weighted by atomic mass is 16.5. The SMILES string of the molecule is O=C(c1cc(C2CC2)on1)N1Cc2ccnn2CC(CN2CCCC2)C1. The quantitative estimate of drug-likeness (QED) is 0.840. The number of carbonyl (C=O) groups is 1. The molecule has 138 valence electrons. The van der Waals surface area contributed by atoms with Crippen LogP contribution in [-0.2, 0) is 13.1 Å². The summed E-state index contributed by atoms with van der Waals surface area (Å²) in [4.78, 5) is 17.5. The van der Waals surface area contributed by atoms with Crippen LogP contribution in [0.1, 0.15) is 53.5 Å². The lowest BCUT2D eigenvalue weighted by atomic mass is 10.1. The van der Waals surface area contributed by atoms with Crippen LogP contribution in [0.5, 0.6) is 0 Å². The molecule has 7 heteroatoms. The minimum absolute atomic E-state index is 0.0262. The van der Waals surface area contributed by atoms with Crippen molar-refractivity contribution in [3.63, 3.8) is 0 Å². The molecule has 0 spiro atoms. The maximum atomic E-state index is 13.1. The summed E-state index contributed by atoms with van der Waals surface area (Å²) in [6.45, 7) is 5.56. The first-order chi connectivity index (χ1) is 12.8. The van der Waals surface area contributed by atoms with Gasteiger partial charge in [0.1, 0.15) is 5.76 Å². The lowest BCUT2D eigenvalue weighted by molar-refractivity contribution is 0.0698. The number of aromatic nitrogens is 3. The van der Waals surface area contributed by atoms with E-state index in [0.29, 0.717) is 24.1 Å². The lowest BCUT2D eigenvalue weighted by Gasteiger charge is -2.26. The normalized spacial score (nSPS) is 23.8. The zero-order valence-corrected chi connectivity index (χ0v) is 15.0. The second-order valence-electron chi connectivity index (χ2n) is 7.95. The van der Waals surface area contributed by atoms with Crippen LogP contribution in [0.3, 0.4) is 0 Å². The highest BCUT2D eigenvalue weighted by Gasteiger charge is 2.32. The van der Waals surface area contributed by atoms with Crippen molar-refractivity contribution in [2.75, 3.05) is 26.2 Å². The Hall–Kier alpha value is -2.15. The molecule has 1 saturated carbocycles. The predicted octanol–water partition coefficient (Wildman–Crippen LogP) is 2.12. The van der Waals surface area contributed by atoms with Crippen LogP contribution in [0.2, 0.25) is 0 Å². The second-order valence-corrected chi connectivity index (χ2v) is 7.95. The van der Waals surface area contributed by atoms with Crippen LogP contribution >= 0.6 is 0 Å². The number of carbonyl (C=O) groups excluding carboxylic acids is 1. The molecule has 1 unspecified atom stereocenters. The van der Waals surface area contributed by atoms with Crippen molar-refractivity contribution in [2.45, 2.75) is 44.7 Å². The first-order valence-corrected chi connectivity index (χ1v) is 9.75. The fraction of sp³-hybridized carbons (Fsp3) is 0.632. The highest BCUT2D eigenvalue weighted by Crippen LogP contribution is 2.40. The molecular weight excluding hydrogens is 330 g/mol. The molecule has 5 rings (SSSR count). The fourth-order valence-corrected chi connectivity index (χ4v) is 4.25. The molecule has 0 aromatic carbocycles. The van der Waals surface area contributed by atoms with Crippen LogP contribution in [0.25, 0.3) is 0 Å². The molecule has 0 radical (unpaired) electrons. The number of rotatable bonds is 4. The van der Waals surface area contributed by atoms with Crippen molar-refractivity contribution in [3.8, 4) is 0 Å². The molecule has 3 aliphatic rings. The van der Waals surface area contributed by atoms with Gasteiger partial charge in [-0.3, -0.25) is 9.48 Å². The average Bonchev–Trinajstić information content (AvgIpc) is 3.03. The molecule has 7 nitrogen and oxygen atoms in total. The van der Waals surface area contributed by atoms with Crippen LogP contribution in [-0.4, -0.2) is 56.8 Å². The summed E-state index contributed by atoms with van der Waals surface area (Å²) in [7, 11) is 0. The van der Waals surface area contributed by atoms with Crippen LogP contribution < -0.4 is 0 Å². The molecule has 0 bridgehead atoms. The Morgan fingerprint density at radius 3 is 2.88 bits per heavy atom. The molecular formula is C19H25N5O2. The van der Waals surface area contributed by atoms with Gasteiger partial charge in [0.2, 0.25) is 0 Å². The molecule has 2 aromatic rings. The van der Waals surface area contributed by atoms with Gasteiger partial charge in [-0.2, -0.15) is 5.10 Å². The number of nitrogens with zero attached hydrogens (tertiary/aromatic N) is 5. The molecule has 26 heavy (non-hydrogen) atoms. The minimum Gasteiger partial charge on any atom is -0.360 e. The molecule has 1 atom stereocenters. The molecule has 1 aliphatic carbocycles. The van der Waals surface area contributed by atoms with Gasteiger partial charge in [-0.15, -0.1) is 0 Å². The van der Waals surface area contributed by atoms with Gasteiger partial charge in [0.15, 0.2) is 5.69 Å². The topological polar surface area (TPSA) is 67.4 Å². The molecule has 1 amide bonds. The largest absolute Gasteiger partial charge is 0.360 e. The molecule has 4 heterocycles. The molecule has 2 aromatic heterocycles. The predicted molar refractivity (Wildman–Crippen MR) is 94.6 cm³/mol. The summed E-state index contributed by atoms with van der Waals surface area (Å²) in [5, 5.41) is 8.53. The third-order valence-electron chi connectivity index (χ3n) is 5.80. The Morgan fingerprint density at radius 1 is 1.23 bits per heavy atom. The average molecular weight is 355 g/mol. The van der Waals surface area contributed by atoms with E-state index in [0.717, 1.165) is 43.9 Å². The van der Waals surface area contributed by atoms with E-state index in [4.69, 9.17) is 4.52 Å². The smallest absolute Gasteiger partial charge is 0.276 e. The van der Waals surface area contributed by atoms with Crippen molar-refractivity contribution in [2.24, 2.45) is 5.92 Å². The van der Waals surface area contributed by atoms with Crippen molar-refractivity contribution < 1.29 is 9.32 Å². The number of fused-ring (bicyclic) bond motifs is 1. The summed E-state index contributed by atoms with van der Waals surface area (Å²) >= 11 is 0. The molecule has 2 aliphatic heterocycles. The van der Waals surface area contributed by atoms with Gasteiger partial charge >= 0.3 is 0 Å². The Balaban J connectivity index is 1.36. The zero-order chi connectivity index (χ0) is 17.5. The van der Waals surface area contributed by atoms with Crippen molar-refractivity contribution in [1.29, 1.82) is 0 Å². The molecule has 2 fully saturated rings. The van der Waals surface area contributed by atoms with E-state index in [2.05, 4.69) is 19.8 Å². The number of hydrogen-bond donors (Lipinski definition) is 0. The summed E-state index contributed by atoms with van der Waals surface area (Å²) < 4.78 is 7.46. The monoisotopic (exact) mass is 355 g/mol. The molecule has 1 saturated heterocycles. The van der Waals surface area contributed by atoms with Crippen molar-refractivity contribution >= 4 is 5.91 Å². The van der Waals surface area contributed by atoms with E-state index in [1.807, 2.05) is 23.2 Å². The van der Waals surface area contributed by atoms with Gasteiger partial charge in [0.05, 0.1) is 12.2 Å². The lowest BCUT2D eigenvalue weighted by Crippen LogP contribution is -2.38. The minimum atomic E-state index is -0.0262. The maximum Gasteiger partial charge on any atom is 0.276 e. The molecule has 0 N–H and O–H groups in total. The summed E-state index contributed by atoms with van der Waals surface area (Å²) in [6, 6.07) is 3.86. The van der Waals surface area contributed by atoms with Crippen LogP contribution in [0.15, 0.2) is 22.9 Å². The Morgan fingerprint density at radius 2 is 2.08 bits per heavy atom. The number of hydrogen-bond acceptors (Lipinski definition) is 5. The van der Waals surface area contributed by atoms with E-state index in [1.165, 1.54) is 25.9 Å². The first kappa shape index (κ1) is 16.1.